The molecule has 0 saturated carbocycles. The van der Waals surface area contributed by atoms with Crippen molar-refractivity contribution in [2.45, 2.75) is 13.8 Å². The van der Waals surface area contributed by atoms with Gasteiger partial charge < -0.3 is 19.9 Å². The fraction of sp³-hybridized carbons (Fsp3) is 0.333. The molecule has 1 fully saturated rings. The SMILES string of the molecule is COc1c(C)cc(Br)cc1C(=O)Nc1ccc(N2CCN(C(C)=O)CC2)c(Cl)c1. The molecule has 6 nitrogen and oxygen atoms in total. The molecule has 0 bridgehead atoms. The van der Waals surface area contributed by atoms with E-state index >= 15 is 0 Å². The Morgan fingerprint density at radius 2 is 1.83 bits per heavy atom. The van der Waals surface area contributed by atoms with Gasteiger partial charge in [-0.05, 0) is 42.8 Å². The maximum Gasteiger partial charge on any atom is 0.259 e. The standard InChI is InChI=1S/C21H23BrClN3O3/c1-13-10-15(22)11-17(20(13)29-3)21(28)24-16-4-5-19(18(23)12-16)26-8-6-25(7-9-26)14(2)27/h4-5,10-12H,6-9H2,1-3H3,(H,24,28). The van der Waals surface area contributed by atoms with Crippen LogP contribution in [0.4, 0.5) is 11.4 Å². The maximum atomic E-state index is 12.8. The molecule has 0 aliphatic carbocycles. The lowest BCUT2D eigenvalue weighted by Gasteiger charge is -2.36. The summed E-state index contributed by atoms with van der Waals surface area (Å²) in [5, 5.41) is 3.44. The molecule has 3 rings (SSSR count). The minimum absolute atomic E-state index is 0.0898. The molecule has 0 atom stereocenters. The maximum absolute atomic E-state index is 12.8. The van der Waals surface area contributed by atoms with E-state index in [2.05, 4.69) is 26.1 Å². The summed E-state index contributed by atoms with van der Waals surface area (Å²) < 4.78 is 6.20. The summed E-state index contributed by atoms with van der Waals surface area (Å²) in [6.45, 7) is 6.26. The lowest BCUT2D eigenvalue weighted by atomic mass is 10.1. The highest BCUT2D eigenvalue weighted by atomic mass is 79.9. The molecule has 0 unspecified atom stereocenters. The highest BCUT2D eigenvalue weighted by Crippen LogP contribution is 2.32. The van der Waals surface area contributed by atoms with E-state index in [0.29, 0.717) is 35.1 Å². The number of carbonyl (C=O) groups is 2. The number of halogens is 2. The van der Waals surface area contributed by atoms with Gasteiger partial charge in [-0.3, -0.25) is 9.59 Å². The summed E-state index contributed by atoms with van der Waals surface area (Å²) >= 11 is 9.92. The number of methoxy groups -OCH3 is 1. The number of hydrogen-bond acceptors (Lipinski definition) is 4. The Hall–Kier alpha value is -2.25. The summed E-state index contributed by atoms with van der Waals surface area (Å²) in [6, 6.07) is 9.08. The van der Waals surface area contributed by atoms with Gasteiger partial charge in [-0.15, -0.1) is 0 Å². The predicted octanol–water partition coefficient (Wildman–Crippen LogP) is 4.34. The second-order valence-corrected chi connectivity index (χ2v) is 8.24. The first kappa shape index (κ1) is 21.5. The average molecular weight is 481 g/mol. The van der Waals surface area contributed by atoms with Gasteiger partial charge in [0.2, 0.25) is 5.91 Å². The molecule has 29 heavy (non-hydrogen) atoms. The monoisotopic (exact) mass is 479 g/mol. The lowest BCUT2D eigenvalue weighted by molar-refractivity contribution is -0.129. The Balaban J connectivity index is 1.75. The van der Waals surface area contributed by atoms with Gasteiger partial charge in [-0.2, -0.15) is 0 Å². The first-order chi connectivity index (χ1) is 13.8. The molecule has 1 aliphatic heterocycles. The highest BCUT2D eigenvalue weighted by Gasteiger charge is 2.21. The molecule has 2 amide bonds. The topological polar surface area (TPSA) is 61.9 Å². The van der Waals surface area contributed by atoms with Gasteiger partial charge in [0.25, 0.3) is 5.91 Å². The van der Waals surface area contributed by atoms with Gasteiger partial charge in [0.15, 0.2) is 0 Å². The third kappa shape index (κ3) is 4.85. The number of piperazine rings is 1. The Bertz CT molecular complexity index is 943. The van der Waals surface area contributed by atoms with Gasteiger partial charge in [0, 0.05) is 43.3 Å². The van der Waals surface area contributed by atoms with E-state index in [1.165, 1.54) is 0 Å². The number of anilines is 2. The number of aryl methyl sites for hydroxylation is 1. The Labute approximate surface area is 183 Å². The molecule has 2 aromatic rings. The van der Waals surface area contributed by atoms with Crippen LogP contribution in [0.15, 0.2) is 34.8 Å². The number of hydrogen-bond donors (Lipinski definition) is 1. The van der Waals surface area contributed by atoms with Crippen molar-refractivity contribution in [3.8, 4) is 5.75 Å². The van der Waals surface area contributed by atoms with Gasteiger partial charge >= 0.3 is 0 Å². The number of nitrogens with one attached hydrogen (secondary N) is 1. The van der Waals surface area contributed by atoms with Crippen molar-refractivity contribution in [2.75, 3.05) is 43.5 Å². The third-order valence-electron chi connectivity index (χ3n) is 4.96. The van der Waals surface area contributed by atoms with Crippen molar-refractivity contribution in [1.29, 1.82) is 0 Å². The van der Waals surface area contributed by atoms with Crippen molar-refractivity contribution >= 4 is 50.7 Å². The quantitative estimate of drug-likeness (QED) is 0.707. The number of benzene rings is 2. The lowest BCUT2D eigenvalue weighted by Crippen LogP contribution is -2.48. The number of carbonyl (C=O) groups excluding carboxylic acids is 2. The molecular weight excluding hydrogens is 458 g/mol. The molecule has 2 aromatic carbocycles. The van der Waals surface area contributed by atoms with E-state index in [1.54, 1.807) is 26.2 Å². The fourth-order valence-electron chi connectivity index (χ4n) is 3.47. The molecule has 8 heteroatoms. The van der Waals surface area contributed by atoms with Crippen LogP contribution in [0.3, 0.4) is 0 Å². The van der Waals surface area contributed by atoms with E-state index in [1.807, 2.05) is 30.0 Å². The Morgan fingerprint density at radius 1 is 1.14 bits per heavy atom. The van der Waals surface area contributed by atoms with Crippen LogP contribution >= 0.6 is 27.5 Å². The van der Waals surface area contributed by atoms with Crippen molar-refractivity contribution in [3.63, 3.8) is 0 Å². The van der Waals surface area contributed by atoms with E-state index in [-0.39, 0.29) is 11.8 Å². The van der Waals surface area contributed by atoms with Crippen LogP contribution in [0.25, 0.3) is 0 Å². The van der Waals surface area contributed by atoms with Crippen LogP contribution in [0.1, 0.15) is 22.8 Å². The Morgan fingerprint density at radius 3 is 2.41 bits per heavy atom. The van der Waals surface area contributed by atoms with Crippen LogP contribution in [0.2, 0.25) is 5.02 Å². The number of amides is 2. The molecule has 1 N–H and O–H groups in total. The van der Waals surface area contributed by atoms with Crippen molar-refractivity contribution in [2.24, 2.45) is 0 Å². The summed E-state index contributed by atoms with van der Waals surface area (Å²) in [4.78, 5) is 28.3. The zero-order valence-electron chi connectivity index (χ0n) is 16.6. The minimum atomic E-state index is -0.273. The second-order valence-electron chi connectivity index (χ2n) is 6.92. The molecule has 0 spiro atoms. The number of nitrogens with zero attached hydrogens (tertiary/aromatic N) is 2. The Kier molecular flexibility index (Phi) is 6.70. The number of rotatable bonds is 4. The van der Waals surface area contributed by atoms with E-state index in [4.69, 9.17) is 16.3 Å². The third-order valence-corrected chi connectivity index (χ3v) is 5.72. The van der Waals surface area contributed by atoms with Crippen LogP contribution in [0, 0.1) is 6.92 Å². The first-order valence-electron chi connectivity index (χ1n) is 9.25. The summed E-state index contributed by atoms with van der Waals surface area (Å²) in [5.41, 5.74) is 2.81. The van der Waals surface area contributed by atoms with E-state index in [9.17, 15) is 9.59 Å². The normalized spacial score (nSPS) is 14.0. The van der Waals surface area contributed by atoms with Gasteiger partial charge in [-0.25, -0.2) is 0 Å². The van der Waals surface area contributed by atoms with Gasteiger partial charge in [0.1, 0.15) is 5.75 Å². The van der Waals surface area contributed by atoms with Gasteiger partial charge in [-0.1, -0.05) is 27.5 Å². The zero-order chi connectivity index (χ0) is 21.1. The molecule has 0 aromatic heterocycles. The summed E-state index contributed by atoms with van der Waals surface area (Å²) in [6.07, 6.45) is 0. The molecule has 154 valence electrons. The zero-order valence-corrected chi connectivity index (χ0v) is 18.9. The smallest absolute Gasteiger partial charge is 0.259 e. The highest BCUT2D eigenvalue weighted by molar-refractivity contribution is 9.10. The first-order valence-corrected chi connectivity index (χ1v) is 10.4. The predicted molar refractivity (Wildman–Crippen MR) is 119 cm³/mol. The summed E-state index contributed by atoms with van der Waals surface area (Å²) in [5.74, 6) is 0.355. The average Bonchev–Trinajstić information content (AvgIpc) is 2.67. The molecular formula is C21H23BrClN3O3. The van der Waals surface area contributed by atoms with Gasteiger partial charge in [0.05, 0.1) is 23.4 Å². The van der Waals surface area contributed by atoms with Crippen molar-refractivity contribution in [1.82, 2.24) is 4.90 Å². The number of ether oxygens (including phenoxy) is 1. The molecule has 1 saturated heterocycles. The van der Waals surface area contributed by atoms with E-state index < -0.39 is 0 Å². The molecule has 1 heterocycles. The molecule has 0 radical (unpaired) electrons. The van der Waals surface area contributed by atoms with Crippen LogP contribution in [-0.4, -0.2) is 50.0 Å². The van der Waals surface area contributed by atoms with E-state index in [0.717, 1.165) is 28.8 Å². The van der Waals surface area contributed by atoms with Crippen molar-refractivity contribution < 1.29 is 14.3 Å². The second kappa shape index (κ2) is 9.05. The summed E-state index contributed by atoms with van der Waals surface area (Å²) in [7, 11) is 1.55. The minimum Gasteiger partial charge on any atom is -0.496 e. The molecule has 1 aliphatic rings. The largest absolute Gasteiger partial charge is 0.496 e. The van der Waals surface area contributed by atoms with Crippen LogP contribution in [-0.2, 0) is 4.79 Å². The fourth-order valence-corrected chi connectivity index (χ4v) is 4.34. The van der Waals surface area contributed by atoms with Crippen LogP contribution in [0.5, 0.6) is 5.75 Å². The van der Waals surface area contributed by atoms with Crippen molar-refractivity contribution in [3.05, 3.63) is 51.0 Å². The van der Waals surface area contributed by atoms with Crippen LogP contribution < -0.4 is 15.0 Å².